The van der Waals surface area contributed by atoms with E-state index in [9.17, 15) is 0 Å². The molecule has 3 rings (SSSR count). The number of benzene rings is 1. The van der Waals surface area contributed by atoms with E-state index in [0.717, 1.165) is 22.3 Å². The zero-order valence-corrected chi connectivity index (χ0v) is 9.13. The van der Waals surface area contributed by atoms with Gasteiger partial charge in [0.1, 0.15) is 12.4 Å². The molecule has 0 saturated heterocycles. The van der Waals surface area contributed by atoms with Crippen LogP contribution in [-0.2, 0) is 6.61 Å². The summed E-state index contributed by atoms with van der Waals surface area (Å²) in [7, 11) is 0. The number of para-hydroxylation sites is 1. The number of hydrogen-bond acceptors (Lipinski definition) is 3. The normalized spacial score (nSPS) is 10.6. The van der Waals surface area contributed by atoms with Crippen LogP contribution < -0.4 is 4.74 Å². The Morgan fingerprint density at radius 2 is 2.12 bits per heavy atom. The van der Waals surface area contributed by atoms with Crippen LogP contribution >= 0.6 is 0 Å². The first-order chi connectivity index (χ1) is 8.43. The molecule has 0 fully saturated rings. The average molecular weight is 225 g/mol. The Labute approximate surface area is 98.3 Å². The van der Waals surface area contributed by atoms with E-state index >= 15 is 0 Å². The number of aromatic nitrogens is 3. The van der Waals surface area contributed by atoms with Crippen molar-refractivity contribution in [2.75, 3.05) is 0 Å². The summed E-state index contributed by atoms with van der Waals surface area (Å²) in [5.41, 5.74) is 1.89. The number of H-pyrrole nitrogens is 1. The minimum absolute atomic E-state index is 0.426. The summed E-state index contributed by atoms with van der Waals surface area (Å²) in [6.45, 7) is 0.426. The van der Waals surface area contributed by atoms with Gasteiger partial charge in [-0.05, 0) is 12.1 Å². The van der Waals surface area contributed by atoms with Gasteiger partial charge >= 0.3 is 0 Å². The van der Waals surface area contributed by atoms with Crippen molar-refractivity contribution >= 4 is 10.9 Å². The molecule has 0 radical (unpaired) electrons. The van der Waals surface area contributed by atoms with Crippen molar-refractivity contribution < 1.29 is 4.74 Å². The molecule has 0 amide bonds. The minimum Gasteiger partial charge on any atom is -0.485 e. The van der Waals surface area contributed by atoms with Crippen LogP contribution in [0.3, 0.4) is 0 Å². The van der Waals surface area contributed by atoms with Crippen LogP contribution in [0.4, 0.5) is 0 Å². The molecule has 1 N–H and O–H groups in total. The molecule has 4 heteroatoms. The van der Waals surface area contributed by atoms with Gasteiger partial charge in [0.25, 0.3) is 0 Å². The summed E-state index contributed by atoms with van der Waals surface area (Å²) >= 11 is 0. The zero-order chi connectivity index (χ0) is 11.5. The molecule has 0 spiro atoms. The van der Waals surface area contributed by atoms with E-state index in [4.69, 9.17) is 4.74 Å². The van der Waals surface area contributed by atoms with E-state index < -0.39 is 0 Å². The fraction of sp³-hybridized carbons (Fsp3) is 0.0769. The maximum Gasteiger partial charge on any atom is 0.145 e. The van der Waals surface area contributed by atoms with Crippen molar-refractivity contribution in [3.05, 3.63) is 54.7 Å². The van der Waals surface area contributed by atoms with Crippen LogP contribution in [0, 0.1) is 0 Å². The van der Waals surface area contributed by atoms with Crippen molar-refractivity contribution in [1.82, 2.24) is 15.0 Å². The summed E-state index contributed by atoms with van der Waals surface area (Å²) in [5.74, 6) is 0.839. The first-order valence-corrected chi connectivity index (χ1v) is 5.37. The van der Waals surface area contributed by atoms with Gasteiger partial charge in [0.05, 0.1) is 11.9 Å². The molecule has 17 heavy (non-hydrogen) atoms. The highest BCUT2D eigenvalue weighted by molar-refractivity contribution is 5.85. The summed E-state index contributed by atoms with van der Waals surface area (Å²) in [6, 6.07) is 8.03. The van der Waals surface area contributed by atoms with Gasteiger partial charge in [0, 0.05) is 29.5 Å². The molecule has 0 aliphatic carbocycles. The summed E-state index contributed by atoms with van der Waals surface area (Å²) < 4.78 is 5.71. The number of rotatable bonds is 3. The van der Waals surface area contributed by atoms with Crippen LogP contribution in [-0.4, -0.2) is 15.0 Å². The van der Waals surface area contributed by atoms with Gasteiger partial charge in [-0.3, -0.25) is 9.97 Å². The molecule has 2 heterocycles. The second-order valence-corrected chi connectivity index (χ2v) is 3.68. The van der Waals surface area contributed by atoms with Gasteiger partial charge in [0.15, 0.2) is 0 Å². The summed E-state index contributed by atoms with van der Waals surface area (Å²) in [4.78, 5) is 11.3. The van der Waals surface area contributed by atoms with E-state index in [1.165, 1.54) is 0 Å². The Morgan fingerprint density at radius 3 is 3.00 bits per heavy atom. The van der Waals surface area contributed by atoms with Crippen LogP contribution in [0.15, 0.2) is 49.1 Å². The average Bonchev–Trinajstić information content (AvgIpc) is 2.81. The third-order valence-electron chi connectivity index (χ3n) is 2.54. The SMILES string of the molecule is c1ccc2c(OCc3cnccn3)c[nH]c2c1. The molecule has 3 aromatic rings. The number of nitrogens with zero attached hydrogens (tertiary/aromatic N) is 2. The number of hydrogen-bond donors (Lipinski definition) is 1. The quantitative estimate of drug-likeness (QED) is 0.745. The zero-order valence-electron chi connectivity index (χ0n) is 9.13. The second kappa shape index (κ2) is 4.25. The Bertz CT molecular complexity index is 619. The van der Waals surface area contributed by atoms with Gasteiger partial charge in [-0.25, -0.2) is 0 Å². The molecule has 1 aromatic carbocycles. The van der Waals surface area contributed by atoms with Gasteiger partial charge in [-0.15, -0.1) is 0 Å². The van der Waals surface area contributed by atoms with E-state index in [2.05, 4.69) is 15.0 Å². The lowest BCUT2D eigenvalue weighted by molar-refractivity contribution is 0.304. The first kappa shape index (κ1) is 9.84. The third-order valence-corrected chi connectivity index (χ3v) is 2.54. The molecule has 0 aliphatic heterocycles. The Balaban J connectivity index is 1.82. The maximum absolute atomic E-state index is 5.71. The predicted octanol–water partition coefficient (Wildman–Crippen LogP) is 2.54. The summed E-state index contributed by atoms with van der Waals surface area (Å²) in [6.07, 6.45) is 6.87. The molecule has 84 valence electrons. The highest BCUT2D eigenvalue weighted by atomic mass is 16.5. The van der Waals surface area contributed by atoms with Gasteiger partial charge < -0.3 is 9.72 Å². The smallest absolute Gasteiger partial charge is 0.145 e. The van der Waals surface area contributed by atoms with Crippen LogP contribution in [0.2, 0.25) is 0 Å². The minimum atomic E-state index is 0.426. The molecular formula is C13H11N3O. The molecule has 0 bridgehead atoms. The van der Waals surface area contributed by atoms with Gasteiger partial charge in [-0.1, -0.05) is 12.1 Å². The topological polar surface area (TPSA) is 50.8 Å². The maximum atomic E-state index is 5.71. The number of fused-ring (bicyclic) bond motifs is 1. The van der Waals surface area contributed by atoms with Crippen molar-refractivity contribution in [1.29, 1.82) is 0 Å². The Hall–Kier alpha value is -2.36. The van der Waals surface area contributed by atoms with Gasteiger partial charge in [-0.2, -0.15) is 0 Å². The van der Waals surface area contributed by atoms with Crippen molar-refractivity contribution in [2.24, 2.45) is 0 Å². The predicted molar refractivity (Wildman–Crippen MR) is 64.7 cm³/mol. The first-order valence-electron chi connectivity index (χ1n) is 5.37. The highest BCUT2D eigenvalue weighted by Crippen LogP contribution is 2.25. The van der Waals surface area contributed by atoms with Crippen LogP contribution in [0.5, 0.6) is 5.75 Å². The molecule has 2 aromatic heterocycles. The van der Waals surface area contributed by atoms with Crippen molar-refractivity contribution in [3.63, 3.8) is 0 Å². The molecular weight excluding hydrogens is 214 g/mol. The lowest BCUT2D eigenvalue weighted by Gasteiger charge is -2.03. The third kappa shape index (κ3) is 1.97. The highest BCUT2D eigenvalue weighted by Gasteiger charge is 2.04. The number of aromatic amines is 1. The second-order valence-electron chi connectivity index (χ2n) is 3.68. The largest absolute Gasteiger partial charge is 0.485 e. The molecule has 0 unspecified atom stereocenters. The monoisotopic (exact) mass is 225 g/mol. The lowest BCUT2D eigenvalue weighted by atomic mass is 10.2. The summed E-state index contributed by atoms with van der Waals surface area (Å²) in [5, 5.41) is 1.08. The van der Waals surface area contributed by atoms with E-state index in [1.54, 1.807) is 18.6 Å². The molecule has 0 saturated carbocycles. The Morgan fingerprint density at radius 1 is 1.18 bits per heavy atom. The van der Waals surface area contributed by atoms with Crippen molar-refractivity contribution in [2.45, 2.75) is 6.61 Å². The van der Waals surface area contributed by atoms with E-state index in [-0.39, 0.29) is 0 Å². The lowest BCUT2D eigenvalue weighted by Crippen LogP contribution is -1.97. The fourth-order valence-electron chi connectivity index (χ4n) is 1.72. The molecule has 0 atom stereocenters. The molecule has 0 aliphatic rings. The van der Waals surface area contributed by atoms with Gasteiger partial charge in [0.2, 0.25) is 0 Å². The van der Waals surface area contributed by atoms with Crippen LogP contribution in [0.25, 0.3) is 10.9 Å². The fourth-order valence-corrected chi connectivity index (χ4v) is 1.72. The number of nitrogens with one attached hydrogen (secondary N) is 1. The van der Waals surface area contributed by atoms with Crippen LogP contribution in [0.1, 0.15) is 5.69 Å². The number of ether oxygens (including phenoxy) is 1. The van der Waals surface area contributed by atoms with E-state index in [1.807, 2.05) is 30.5 Å². The van der Waals surface area contributed by atoms with E-state index in [0.29, 0.717) is 6.61 Å². The molecule has 4 nitrogen and oxygen atoms in total. The van der Waals surface area contributed by atoms with Crippen molar-refractivity contribution in [3.8, 4) is 5.75 Å². The standard InChI is InChI=1S/C13H11N3O/c1-2-4-12-11(3-1)13(8-16-12)17-9-10-7-14-5-6-15-10/h1-8,16H,9H2. The Kier molecular flexibility index (Phi) is 2.46.